The van der Waals surface area contributed by atoms with Gasteiger partial charge in [0.15, 0.2) is 23.2 Å². The minimum Gasteiger partial charge on any atom is -0.448 e. The Balaban J connectivity index is 1.60. The molecule has 0 N–H and O–H groups in total. The molecule has 1 aromatic heterocycles. The average Bonchev–Trinajstić information content (AvgIpc) is 3.12. The number of rotatable bonds is 2. The van der Waals surface area contributed by atoms with Crippen LogP contribution in [0.3, 0.4) is 0 Å². The smallest absolute Gasteiger partial charge is 0.280 e. The number of fused-ring (bicyclic) bond motifs is 1. The number of benzene rings is 1. The monoisotopic (exact) mass is 348 g/mol. The average molecular weight is 348 g/mol. The molecular weight excluding hydrogens is 330 g/mol. The molecule has 25 heavy (non-hydrogen) atoms. The maximum Gasteiger partial charge on any atom is 0.280 e. The number of hydrogen-bond donors (Lipinski definition) is 0. The van der Waals surface area contributed by atoms with Gasteiger partial charge in [-0.2, -0.15) is 0 Å². The van der Waals surface area contributed by atoms with Gasteiger partial charge in [-0.1, -0.05) is 0 Å². The van der Waals surface area contributed by atoms with Crippen molar-refractivity contribution in [1.82, 2.24) is 4.98 Å². The number of anilines is 1. The maximum absolute atomic E-state index is 13.6. The molecule has 1 saturated heterocycles. The van der Waals surface area contributed by atoms with Gasteiger partial charge >= 0.3 is 0 Å². The van der Waals surface area contributed by atoms with Crippen molar-refractivity contribution in [3.63, 3.8) is 0 Å². The van der Waals surface area contributed by atoms with Crippen LogP contribution in [0.2, 0.25) is 0 Å². The van der Waals surface area contributed by atoms with E-state index in [0.717, 1.165) is 18.9 Å². The predicted octanol–water partition coefficient (Wildman–Crippen LogP) is 3.44. The van der Waals surface area contributed by atoms with Crippen molar-refractivity contribution < 1.29 is 22.7 Å². The van der Waals surface area contributed by atoms with Gasteiger partial charge in [0.25, 0.3) is 5.91 Å². The van der Waals surface area contributed by atoms with E-state index < -0.39 is 11.6 Å². The van der Waals surface area contributed by atoms with Crippen LogP contribution in [-0.4, -0.2) is 30.6 Å². The van der Waals surface area contributed by atoms with Crippen LogP contribution in [0.5, 0.6) is 0 Å². The number of ether oxygens (including phenoxy) is 1. The molecule has 0 unspecified atom stereocenters. The van der Waals surface area contributed by atoms with E-state index in [1.165, 1.54) is 17.2 Å². The number of carbonyl (C=O) groups is 1. The fourth-order valence-corrected chi connectivity index (χ4v) is 3.44. The van der Waals surface area contributed by atoms with Crippen LogP contribution in [0.15, 0.2) is 22.8 Å². The van der Waals surface area contributed by atoms with E-state index >= 15 is 0 Å². The zero-order chi connectivity index (χ0) is 17.4. The molecular formula is C18H18F2N2O3. The first-order valence-corrected chi connectivity index (χ1v) is 8.46. The van der Waals surface area contributed by atoms with Gasteiger partial charge in [0.05, 0.1) is 5.69 Å². The summed E-state index contributed by atoms with van der Waals surface area (Å²) in [6.45, 7) is 1.75. The highest BCUT2D eigenvalue weighted by atomic mass is 19.2. The lowest BCUT2D eigenvalue weighted by Gasteiger charge is -2.29. The summed E-state index contributed by atoms with van der Waals surface area (Å²) in [5, 5.41) is 0. The number of carbonyl (C=O) groups excluding carboxylic acids is 1. The van der Waals surface area contributed by atoms with Crippen LogP contribution in [0.1, 0.15) is 47.1 Å². The van der Waals surface area contributed by atoms with Crippen molar-refractivity contribution in [2.24, 2.45) is 0 Å². The van der Waals surface area contributed by atoms with Gasteiger partial charge in [0.1, 0.15) is 6.26 Å². The Morgan fingerprint density at radius 2 is 1.96 bits per heavy atom. The molecule has 4 rings (SSSR count). The van der Waals surface area contributed by atoms with Crippen molar-refractivity contribution >= 4 is 11.6 Å². The maximum atomic E-state index is 13.6. The third-order valence-electron chi connectivity index (χ3n) is 4.80. The SMILES string of the molecule is O=C(c1coc(C2CCOCC2)n1)N1CCCc2cc(F)c(F)cc21. The Hall–Kier alpha value is -2.28. The summed E-state index contributed by atoms with van der Waals surface area (Å²) in [6, 6.07) is 2.25. The lowest BCUT2D eigenvalue weighted by atomic mass is 10.0. The van der Waals surface area contributed by atoms with E-state index in [0.29, 0.717) is 49.7 Å². The summed E-state index contributed by atoms with van der Waals surface area (Å²) >= 11 is 0. The molecule has 132 valence electrons. The van der Waals surface area contributed by atoms with Crippen LogP contribution in [-0.2, 0) is 11.2 Å². The number of oxazole rings is 1. The van der Waals surface area contributed by atoms with Gasteiger partial charge in [-0.25, -0.2) is 13.8 Å². The van der Waals surface area contributed by atoms with Crippen LogP contribution in [0.4, 0.5) is 14.5 Å². The van der Waals surface area contributed by atoms with Crippen molar-refractivity contribution in [3.05, 3.63) is 47.2 Å². The molecule has 0 bridgehead atoms. The normalized spacial score (nSPS) is 18.2. The van der Waals surface area contributed by atoms with E-state index in [4.69, 9.17) is 9.15 Å². The standard InChI is InChI=1S/C18H18F2N2O3/c19-13-8-12-2-1-5-22(16(12)9-14(13)20)18(23)15-10-25-17(21-15)11-3-6-24-7-4-11/h8-11H,1-7H2. The molecule has 1 aromatic carbocycles. The highest BCUT2D eigenvalue weighted by molar-refractivity contribution is 6.05. The molecule has 1 fully saturated rings. The van der Waals surface area contributed by atoms with Crippen molar-refractivity contribution in [1.29, 1.82) is 0 Å². The van der Waals surface area contributed by atoms with E-state index in [9.17, 15) is 13.6 Å². The Morgan fingerprint density at radius 3 is 2.76 bits per heavy atom. The summed E-state index contributed by atoms with van der Waals surface area (Å²) < 4.78 is 37.9. The molecule has 0 spiro atoms. The van der Waals surface area contributed by atoms with E-state index in [1.807, 2.05) is 0 Å². The van der Waals surface area contributed by atoms with E-state index in [1.54, 1.807) is 0 Å². The predicted molar refractivity (Wildman–Crippen MR) is 85.7 cm³/mol. The van der Waals surface area contributed by atoms with Crippen LogP contribution in [0.25, 0.3) is 0 Å². The molecule has 3 heterocycles. The zero-order valence-corrected chi connectivity index (χ0v) is 13.6. The van der Waals surface area contributed by atoms with Crippen molar-refractivity contribution in [2.45, 2.75) is 31.6 Å². The van der Waals surface area contributed by atoms with Crippen LogP contribution >= 0.6 is 0 Å². The number of nitrogens with zero attached hydrogens (tertiary/aromatic N) is 2. The van der Waals surface area contributed by atoms with Gasteiger partial charge in [-0.15, -0.1) is 0 Å². The number of aryl methyl sites for hydroxylation is 1. The van der Waals surface area contributed by atoms with Gasteiger partial charge in [-0.05, 0) is 37.3 Å². The van der Waals surface area contributed by atoms with Gasteiger partial charge in [0, 0.05) is 31.7 Å². The van der Waals surface area contributed by atoms with Crippen molar-refractivity contribution in [2.75, 3.05) is 24.7 Å². The second-order valence-electron chi connectivity index (χ2n) is 6.41. The summed E-state index contributed by atoms with van der Waals surface area (Å²) in [5.74, 6) is -1.52. The highest BCUT2D eigenvalue weighted by Gasteiger charge is 2.29. The summed E-state index contributed by atoms with van der Waals surface area (Å²) in [6.07, 6.45) is 4.27. The lowest BCUT2D eigenvalue weighted by Crippen LogP contribution is -2.36. The van der Waals surface area contributed by atoms with Crippen LogP contribution < -0.4 is 4.90 Å². The Morgan fingerprint density at radius 1 is 1.20 bits per heavy atom. The molecule has 2 aliphatic rings. The Kier molecular flexibility index (Phi) is 4.25. The Bertz CT molecular complexity index is 800. The fourth-order valence-electron chi connectivity index (χ4n) is 3.44. The van der Waals surface area contributed by atoms with E-state index in [-0.39, 0.29) is 17.5 Å². The third kappa shape index (κ3) is 3.04. The summed E-state index contributed by atoms with van der Waals surface area (Å²) in [5.41, 5.74) is 1.23. The number of aromatic nitrogens is 1. The molecule has 2 aromatic rings. The zero-order valence-electron chi connectivity index (χ0n) is 13.6. The molecule has 7 heteroatoms. The number of hydrogen-bond acceptors (Lipinski definition) is 4. The molecule has 0 atom stereocenters. The molecule has 0 saturated carbocycles. The first-order chi connectivity index (χ1) is 12.1. The molecule has 0 aliphatic carbocycles. The second-order valence-corrected chi connectivity index (χ2v) is 6.41. The first kappa shape index (κ1) is 16.2. The van der Waals surface area contributed by atoms with Gasteiger partial charge in [0.2, 0.25) is 0 Å². The number of amides is 1. The molecule has 1 amide bonds. The first-order valence-electron chi connectivity index (χ1n) is 8.46. The lowest BCUT2D eigenvalue weighted by molar-refractivity contribution is 0.0794. The topological polar surface area (TPSA) is 55.6 Å². The van der Waals surface area contributed by atoms with Crippen LogP contribution in [0, 0.1) is 11.6 Å². The van der Waals surface area contributed by atoms with Crippen molar-refractivity contribution in [3.8, 4) is 0 Å². The minimum absolute atomic E-state index is 0.149. The molecule has 5 nitrogen and oxygen atoms in total. The Labute approximate surface area is 143 Å². The second kappa shape index (κ2) is 6.55. The highest BCUT2D eigenvalue weighted by Crippen LogP contribution is 2.31. The largest absolute Gasteiger partial charge is 0.448 e. The van der Waals surface area contributed by atoms with Gasteiger partial charge < -0.3 is 14.1 Å². The summed E-state index contributed by atoms with van der Waals surface area (Å²) in [7, 11) is 0. The minimum atomic E-state index is -0.957. The molecule has 2 aliphatic heterocycles. The summed E-state index contributed by atoms with van der Waals surface area (Å²) in [4.78, 5) is 18.6. The fraction of sp³-hybridized carbons (Fsp3) is 0.444. The molecule has 0 radical (unpaired) electrons. The van der Waals surface area contributed by atoms with E-state index in [2.05, 4.69) is 4.98 Å². The van der Waals surface area contributed by atoms with Gasteiger partial charge in [-0.3, -0.25) is 4.79 Å². The third-order valence-corrected chi connectivity index (χ3v) is 4.80. The quantitative estimate of drug-likeness (QED) is 0.834. The number of halogens is 2.